The summed E-state index contributed by atoms with van der Waals surface area (Å²) >= 11 is 5.87. The van der Waals surface area contributed by atoms with Gasteiger partial charge in [0.1, 0.15) is 0 Å². The van der Waals surface area contributed by atoms with Crippen molar-refractivity contribution in [1.29, 1.82) is 0 Å². The van der Waals surface area contributed by atoms with Crippen molar-refractivity contribution >= 4 is 11.6 Å². The average molecular weight is 206 g/mol. The Morgan fingerprint density at radius 3 is 3.00 bits per heavy atom. The molecule has 1 rings (SSSR count). The normalized spacial score (nSPS) is 28.2. The molecule has 0 aromatic carbocycles. The zero-order valence-electron chi connectivity index (χ0n) is 8.39. The van der Waals surface area contributed by atoms with E-state index in [1.165, 1.54) is 19.3 Å². The van der Waals surface area contributed by atoms with E-state index in [1.54, 1.807) is 0 Å². The molecule has 1 aliphatic carbocycles. The predicted molar refractivity (Wildman–Crippen MR) is 56.3 cm³/mol. The molecule has 2 atom stereocenters. The molecule has 2 unspecified atom stereocenters. The van der Waals surface area contributed by atoms with Crippen molar-refractivity contribution in [2.24, 2.45) is 5.92 Å². The molecule has 0 radical (unpaired) electrons. The van der Waals surface area contributed by atoms with Gasteiger partial charge in [0.05, 0.1) is 6.61 Å². The van der Waals surface area contributed by atoms with Gasteiger partial charge in [-0.3, -0.25) is 0 Å². The highest BCUT2D eigenvalue weighted by atomic mass is 35.5. The molecule has 1 fully saturated rings. The second-order valence-corrected chi connectivity index (χ2v) is 3.91. The van der Waals surface area contributed by atoms with E-state index in [0.29, 0.717) is 12.0 Å². The van der Waals surface area contributed by atoms with Crippen molar-refractivity contribution in [3.8, 4) is 0 Å². The second-order valence-electron chi connectivity index (χ2n) is 3.60. The molecule has 2 nitrogen and oxygen atoms in total. The quantitative estimate of drug-likeness (QED) is 0.529. The molecule has 3 heteroatoms. The van der Waals surface area contributed by atoms with Crippen molar-refractivity contribution in [3.63, 3.8) is 0 Å². The molecule has 0 saturated heterocycles. The van der Waals surface area contributed by atoms with Gasteiger partial charge in [0.2, 0.25) is 0 Å². The summed E-state index contributed by atoms with van der Waals surface area (Å²) in [6, 6.07) is 0.637. The van der Waals surface area contributed by atoms with Crippen LogP contribution < -0.4 is 5.32 Å². The second kappa shape index (κ2) is 6.63. The van der Waals surface area contributed by atoms with Crippen molar-refractivity contribution in [1.82, 2.24) is 5.32 Å². The van der Waals surface area contributed by atoms with Gasteiger partial charge in [0.15, 0.2) is 0 Å². The molecule has 1 aliphatic rings. The van der Waals surface area contributed by atoms with E-state index in [1.807, 2.05) is 6.92 Å². The topological polar surface area (TPSA) is 21.3 Å². The highest BCUT2D eigenvalue weighted by Gasteiger charge is 2.25. The molecule has 0 heterocycles. The molecule has 0 bridgehead atoms. The molecule has 1 N–H and O–H groups in total. The van der Waals surface area contributed by atoms with Crippen LogP contribution in [0.3, 0.4) is 0 Å². The molecule has 0 amide bonds. The van der Waals surface area contributed by atoms with E-state index in [0.717, 1.165) is 25.6 Å². The molecular weight excluding hydrogens is 186 g/mol. The van der Waals surface area contributed by atoms with Crippen LogP contribution in [0.2, 0.25) is 0 Å². The van der Waals surface area contributed by atoms with Crippen LogP contribution in [0.1, 0.15) is 26.2 Å². The first-order valence-electron chi connectivity index (χ1n) is 5.25. The standard InChI is InChI=1S/C10H20ClNO/c1-2-13-7-6-12-10-5-3-4-9(10)8-11/h9-10,12H,2-8H2,1H3. The predicted octanol–water partition coefficient (Wildman–Crippen LogP) is 2.02. The van der Waals surface area contributed by atoms with Gasteiger partial charge in [-0.05, 0) is 25.7 Å². The summed E-state index contributed by atoms with van der Waals surface area (Å²) in [5.74, 6) is 1.48. The van der Waals surface area contributed by atoms with Gasteiger partial charge in [-0.1, -0.05) is 6.42 Å². The first-order chi connectivity index (χ1) is 6.38. The van der Waals surface area contributed by atoms with Crippen LogP contribution >= 0.6 is 11.6 Å². The zero-order valence-corrected chi connectivity index (χ0v) is 9.15. The lowest BCUT2D eigenvalue weighted by atomic mass is 10.1. The third-order valence-electron chi connectivity index (χ3n) is 2.71. The summed E-state index contributed by atoms with van der Waals surface area (Å²) in [5.41, 5.74) is 0. The number of alkyl halides is 1. The summed E-state index contributed by atoms with van der Waals surface area (Å²) in [6.07, 6.45) is 3.89. The molecular formula is C10H20ClNO. The maximum atomic E-state index is 5.87. The smallest absolute Gasteiger partial charge is 0.0590 e. The molecule has 1 saturated carbocycles. The van der Waals surface area contributed by atoms with Gasteiger partial charge in [0.25, 0.3) is 0 Å². The minimum Gasteiger partial charge on any atom is -0.380 e. The van der Waals surface area contributed by atoms with Crippen molar-refractivity contribution in [3.05, 3.63) is 0 Å². The Labute approximate surface area is 86.0 Å². The van der Waals surface area contributed by atoms with Crippen LogP contribution in [0, 0.1) is 5.92 Å². The fraction of sp³-hybridized carbons (Fsp3) is 1.00. The lowest BCUT2D eigenvalue weighted by Crippen LogP contribution is -2.35. The first-order valence-corrected chi connectivity index (χ1v) is 5.79. The largest absolute Gasteiger partial charge is 0.380 e. The van der Waals surface area contributed by atoms with Crippen molar-refractivity contribution in [2.45, 2.75) is 32.2 Å². The van der Waals surface area contributed by atoms with Crippen LogP contribution in [0.4, 0.5) is 0 Å². The highest BCUT2D eigenvalue weighted by Crippen LogP contribution is 2.26. The maximum absolute atomic E-state index is 5.87. The SMILES string of the molecule is CCOCCNC1CCCC1CCl. The maximum Gasteiger partial charge on any atom is 0.0590 e. The lowest BCUT2D eigenvalue weighted by Gasteiger charge is -2.18. The minimum atomic E-state index is 0.637. The number of hydrogen-bond donors (Lipinski definition) is 1. The van der Waals surface area contributed by atoms with Gasteiger partial charge >= 0.3 is 0 Å². The van der Waals surface area contributed by atoms with Crippen LogP contribution in [-0.4, -0.2) is 31.7 Å². The minimum absolute atomic E-state index is 0.637. The third-order valence-corrected chi connectivity index (χ3v) is 3.11. The summed E-state index contributed by atoms with van der Waals surface area (Å²) in [6.45, 7) is 4.62. The monoisotopic (exact) mass is 205 g/mol. The molecule has 78 valence electrons. The fourth-order valence-corrected chi connectivity index (χ4v) is 2.32. The molecule has 13 heavy (non-hydrogen) atoms. The highest BCUT2D eigenvalue weighted by molar-refractivity contribution is 6.18. The lowest BCUT2D eigenvalue weighted by molar-refractivity contribution is 0.145. The molecule has 0 aromatic heterocycles. The van der Waals surface area contributed by atoms with E-state index in [4.69, 9.17) is 16.3 Å². The summed E-state index contributed by atoms with van der Waals surface area (Å²) in [7, 11) is 0. The van der Waals surface area contributed by atoms with E-state index >= 15 is 0 Å². The fourth-order valence-electron chi connectivity index (χ4n) is 1.95. The zero-order chi connectivity index (χ0) is 9.52. The van der Waals surface area contributed by atoms with Crippen LogP contribution in [0.5, 0.6) is 0 Å². The van der Waals surface area contributed by atoms with Crippen LogP contribution in [0.15, 0.2) is 0 Å². The summed E-state index contributed by atoms with van der Waals surface area (Å²) in [5, 5.41) is 3.51. The summed E-state index contributed by atoms with van der Waals surface area (Å²) in [4.78, 5) is 0. The van der Waals surface area contributed by atoms with E-state index in [9.17, 15) is 0 Å². The summed E-state index contributed by atoms with van der Waals surface area (Å²) < 4.78 is 5.27. The van der Waals surface area contributed by atoms with Gasteiger partial charge < -0.3 is 10.1 Å². The van der Waals surface area contributed by atoms with Gasteiger partial charge in [-0.25, -0.2) is 0 Å². The van der Waals surface area contributed by atoms with E-state index in [2.05, 4.69) is 5.32 Å². The Morgan fingerprint density at radius 2 is 2.31 bits per heavy atom. The van der Waals surface area contributed by atoms with Gasteiger partial charge in [0, 0.05) is 25.1 Å². The Balaban J connectivity index is 2.06. The first kappa shape index (κ1) is 11.3. The van der Waals surface area contributed by atoms with E-state index in [-0.39, 0.29) is 0 Å². The Morgan fingerprint density at radius 1 is 1.46 bits per heavy atom. The number of hydrogen-bond acceptors (Lipinski definition) is 2. The Bertz CT molecular complexity index is 132. The van der Waals surface area contributed by atoms with Crippen molar-refractivity contribution < 1.29 is 4.74 Å². The number of ether oxygens (including phenoxy) is 1. The van der Waals surface area contributed by atoms with Gasteiger partial charge in [-0.15, -0.1) is 11.6 Å². The van der Waals surface area contributed by atoms with Gasteiger partial charge in [-0.2, -0.15) is 0 Å². The molecule has 0 spiro atoms. The number of rotatable bonds is 6. The average Bonchev–Trinajstić information content (AvgIpc) is 2.60. The van der Waals surface area contributed by atoms with E-state index < -0.39 is 0 Å². The molecule has 0 aliphatic heterocycles. The number of halogens is 1. The van der Waals surface area contributed by atoms with Crippen LogP contribution in [0.25, 0.3) is 0 Å². The van der Waals surface area contributed by atoms with Crippen LogP contribution in [-0.2, 0) is 4.74 Å². The number of nitrogens with one attached hydrogen (secondary N) is 1. The Hall–Kier alpha value is 0.210. The molecule has 0 aromatic rings. The third kappa shape index (κ3) is 3.84. The Kier molecular flexibility index (Phi) is 5.76. The van der Waals surface area contributed by atoms with Crippen molar-refractivity contribution in [2.75, 3.05) is 25.6 Å².